The summed E-state index contributed by atoms with van der Waals surface area (Å²) in [4.78, 5) is 21.6. The maximum absolute atomic E-state index is 12.9. The highest BCUT2D eigenvalue weighted by molar-refractivity contribution is 6.24. The van der Waals surface area contributed by atoms with Crippen LogP contribution in [0.3, 0.4) is 0 Å². The lowest BCUT2D eigenvalue weighted by atomic mass is 10.0. The molecule has 4 aromatic rings. The first kappa shape index (κ1) is 19.9. The normalized spacial score (nSPS) is 13.7. The summed E-state index contributed by atoms with van der Waals surface area (Å²) in [6.07, 6.45) is 7.43. The van der Waals surface area contributed by atoms with E-state index >= 15 is 0 Å². The van der Waals surface area contributed by atoms with E-state index in [9.17, 15) is 4.79 Å². The number of pyridine rings is 2. The summed E-state index contributed by atoms with van der Waals surface area (Å²) in [5.41, 5.74) is 4.23. The molecule has 5 rings (SSSR count). The SMILES string of the molecule is O=C(NC1CC1)/C(=C/c1ccncc1)c1ccc(OCc2ccc3ccccc3n2)cc1. The van der Waals surface area contributed by atoms with E-state index in [2.05, 4.69) is 21.4 Å². The number of hydrogen-bond donors (Lipinski definition) is 1. The van der Waals surface area contributed by atoms with Gasteiger partial charge in [0.05, 0.1) is 11.2 Å². The highest BCUT2D eigenvalue weighted by Crippen LogP contribution is 2.25. The number of benzene rings is 2. The average Bonchev–Trinajstić information content (AvgIpc) is 3.66. The Morgan fingerprint density at radius 3 is 2.53 bits per heavy atom. The Balaban J connectivity index is 1.32. The molecule has 1 fully saturated rings. The Bertz CT molecular complexity index is 1260. The molecule has 0 saturated heterocycles. The van der Waals surface area contributed by atoms with Crippen molar-refractivity contribution in [3.8, 4) is 5.75 Å². The van der Waals surface area contributed by atoms with Gasteiger partial charge in [-0.1, -0.05) is 36.4 Å². The summed E-state index contributed by atoms with van der Waals surface area (Å²) in [6.45, 7) is 0.381. The van der Waals surface area contributed by atoms with E-state index in [-0.39, 0.29) is 5.91 Å². The lowest BCUT2D eigenvalue weighted by molar-refractivity contribution is -0.115. The van der Waals surface area contributed by atoms with E-state index in [4.69, 9.17) is 4.74 Å². The van der Waals surface area contributed by atoms with Crippen LogP contribution >= 0.6 is 0 Å². The summed E-state index contributed by atoms with van der Waals surface area (Å²) in [5.74, 6) is 0.674. The summed E-state index contributed by atoms with van der Waals surface area (Å²) in [5, 5.41) is 4.20. The number of nitrogens with zero attached hydrogens (tertiary/aromatic N) is 2. The minimum Gasteiger partial charge on any atom is -0.487 e. The second kappa shape index (κ2) is 9.02. The first-order valence-electron chi connectivity index (χ1n) is 10.8. The van der Waals surface area contributed by atoms with Crippen LogP contribution in [0, 0.1) is 0 Å². The largest absolute Gasteiger partial charge is 0.487 e. The number of para-hydroxylation sites is 1. The Hall–Kier alpha value is -3.99. The van der Waals surface area contributed by atoms with Crippen molar-refractivity contribution < 1.29 is 9.53 Å². The van der Waals surface area contributed by atoms with Crippen LogP contribution in [0.2, 0.25) is 0 Å². The Kier molecular flexibility index (Phi) is 5.62. The van der Waals surface area contributed by atoms with Gasteiger partial charge in [0, 0.05) is 29.4 Å². The average molecular weight is 422 g/mol. The standard InChI is InChI=1S/C27H23N3O2/c31-27(30-22-9-10-22)25(17-19-13-15-28-16-14-19)20-6-11-24(12-7-20)32-18-23-8-5-21-3-1-2-4-26(21)29-23/h1-8,11-17,22H,9-10,18H2,(H,30,31)/b25-17+. The third kappa shape index (κ3) is 4.83. The van der Waals surface area contributed by atoms with Gasteiger partial charge >= 0.3 is 0 Å². The predicted octanol–water partition coefficient (Wildman–Crippen LogP) is 5.03. The van der Waals surface area contributed by atoms with Gasteiger partial charge in [-0.3, -0.25) is 9.78 Å². The topological polar surface area (TPSA) is 64.1 Å². The molecule has 0 atom stereocenters. The number of amides is 1. The fraction of sp³-hybridized carbons (Fsp3) is 0.148. The van der Waals surface area contributed by atoms with Gasteiger partial charge < -0.3 is 10.1 Å². The zero-order chi connectivity index (χ0) is 21.8. The summed E-state index contributed by atoms with van der Waals surface area (Å²) >= 11 is 0. The third-order valence-corrected chi connectivity index (χ3v) is 5.38. The molecule has 1 aliphatic rings. The molecule has 0 bridgehead atoms. The molecule has 5 nitrogen and oxygen atoms in total. The van der Waals surface area contributed by atoms with Gasteiger partial charge in [0.15, 0.2) is 0 Å². The van der Waals surface area contributed by atoms with E-state index in [0.29, 0.717) is 18.2 Å². The number of carbonyl (C=O) groups is 1. The van der Waals surface area contributed by atoms with Gasteiger partial charge in [0.2, 0.25) is 0 Å². The molecule has 158 valence electrons. The third-order valence-electron chi connectivity index (χ3n) is 5.38. The van der Waals surface area contributed by atoms with Crippen molar-refractivity contribution in [1.82, 2.24) is 15.3 Å². The summed E-state index contributed by atoms with van der Waals surface area (Å²) < 4.78 is 5.94. The molecule has 0 spiro atoms. The minimum absolute atomic E-state index is 0.0571. The van der Waals surface area contributed by atoms with Crippen LogP contribution < -0.4 is 10.1 Å². The van der Waals surface area contributed by atoms with Crippen molar-refractivity contribution in [1.29, 1.82) is 0 Å². The molecule has 32 heavy (non-hydrogen) atoms. The van der Waals surface area contributed by atoms with Crippen molar-refractivity contribution in [2.45, 2.75) is 25.5 Å². The highest BCUT2D eigenvalue weighted by atomic mass is 16.5. The number of hydrogen-bond acceptors (Lipinski definition) is 4. The molecule has 1 N–H and O–H groups in total. The van der Waals surface area contributed by atoms with E-state index in [1.165, 1.54) is 0 Å². The van der Waals surface area contributed by atoms with Crippen LogP contribution in [0.25, 0.3) is 22.6 Å². The lowest BCUT2D eigenvalue weighted by Crippen LogP contribution is -2.26. The monoisotopic (exact) mass is 421 g/mol. The molecule has 2 heterocycles. The van der Waals surface area contributed by atoms with Crippen molar-refractivity contribution in [3.63, 3.8) is 0 Å². The second-order valence-corrected chi connectivity index (χ2v) is 7.89. The molecule has 0 aliphatic heterocycles. The molecule has 1 aliphatic carbocycles. The zero-order valence-corrected chi connectivity index (χ0v) is 17.6. The number of fused-ring (bicyclic) bond motifs is 1. The molecule has 1 amide bonds. The van der Waals surface area contributed by atoms with Crippen LogP contribution in [-0.4, -0.2) is 21.9 Å². The molecular formula is C27H23N3O2. The molecule has 5 heteroatoms. The summed E-state index contributed by atoms with van der Waals surface area (Å²) in [6, 6.07) is 23.7. The smallest absolute Gasteiger partial charge is 0.252 e. The van der Waals surface area contributed by atoms with E-state index in [1.54, 1.807) is 12.4 Å². The maximum atomic E-state index is 12.9. The van der Waals surface area contributed by atoms with Gasteiger partial charge in [0.1, 0.15) is 12.4 Å². The Labute approximate surface area is 186 Å². The Morgan fingerprint density at radius 1 is 0.969 bits per heavy atom. The van der Waals surface area contributed by atoms with Crippen molar-refractivity contribution in [2.75, 3.05) is 0 Å². The fourth-order valence-electron chi connectivity index (χ4n) is 3.47. The Morgan fingerprint density at radius 2 is 1.75 bits per heavy atom. The van der Waals surface area contributed by atoms with E-state index < -0.39 is 0 Å². The number of rotatable bonds is 7. The number of aromatic nitrogens is 2. The second-order valence-electron chi connectivity index (χ2n) is 7.89. The fourth-order valence-corrected chi connectivity index (χ4v) is 3.47. The molecule has 2 aromatic carbocycles. The predicted molar refractivity (Wildman–Crippen MR) is 126 cm³/mol. The van der Waals surface area contributed by atoms with Crippen LogP contribution in [0.1, 0.15) is 29.7 Å². The van der Waals surface area contributed by atoms with Crippen LogP contribution in [0.4, 0.5) is 0 Å². The van der Waals surface area contributed by atoms with E-state index in [1.807, 2.05) is 72.8 Å². The number of carbonyl (C=O) groups excluding carboxylic acids is 1. The van der Waals surface area contributed by atoms with Gasteiger partial charge in [0.25, 0.3) is 5.91 Å². The van der Waals surface area contributed by atoms with E-state index in [0.717, 1.165) is 46.3 Å². The lowest BCUT2D eigenvalue weighted by Gasteiger charge is -2.11. The quantitative estimate of drug-likeness (QED) is 0.425. The number of ether oxygens (including phenoxy) is 1. The first-order valence-corrected chi connectivity index (χ1v) is 10.8. The molecule has 0 radical (unpaired) electrons. The maximum Gasteiger partial charge on any atom is 0.252 e. The molecule has 0 unspecified atom stereocenters. The minimum atomic E-state index is -0.0571. The van der Waals surface area contributed by atoms with Crippen LogP contribution in [0.15, 0.2) is 85.2 Å². The van der Waals surface area contributed by atoms with Gasteiger partial charge in [-0.25, -0.2) is 4.98 Å². The van der Waals surface area contributed by atoms with Crippen LogP contribution in [0.5, 0.6) is 5.75 Å². The zero-order valence-electron chi connectivity index (χ0n) is 17.6. The summed E-state index contributed by atoms with van der Waals surface area (Å²) in [7, 11) is 0. The van der Waals surface area contributed by atoms with Crippen molar-refractivity contribution >= 4 is 28.5 Å². The van der Waals surface area contributed by atoms with Gasteiger partial charge in [-0.05, 0) is 66.4 Å². The van der Waals surface area contributed by atoms with Crippen LogP contribution in [-0.2, 0) is 11.4 Å². The van der Waals surface area contributed by atoms with Crippen molar-refractivity contribution in [2.24, 2.45) is 0 Å². The molecule has 1 saturated carbocycles. The first-order chi connectivity index (χ1) is 15.7. The van der Waals surface area contributed by atoms with Gasteiger partial charge in [-0.2, -0.15) is 0 Å². The van der Waals surface area contributed by atoms with Crippen molar-refractivity contribution in [3.05, 3.63) is 102 Å². The molecule has 2 aromatic heterocycles. The molecular weight excluding hydrogens is 398 g/mol. The highest BCUT2D eigenvalue weighted by Gasteiger charge is 2.25. The number of nitrogens with one attached hydrogen (secondary N) is 1. The van der Waals surface area contributed by atoms with Gasteiger partial charge in [-0.15, -0.1) is 0 Å².